The van der Waals surface area contributed by atoms with Gasteiger partial charge in [-0.25, -0.2) is 4.99 Å². The highest BCUT2D eigenvalue weighted by atomic mass is 15.1. The van der Waals surface area contributed by atoms with Crippen LogP contribution in [0.1, 0.15) is 11.1 Å². The van der Waals surface area contributed by atoms with E-state index < -0.39 is 0 Å². The Kier molecular flexibility index (Phi) is 4.93. The van der Waals surface area contributed by atoms with Gasteiger partial charge in [0.05, 0.1) is 0 Å². The van der Waals surface area contributed by atoms with Gasteiger partial charge < -0.3 is 16.8 Å². The molecule has 28 heavy (non-hydrogen) atoms. The van der Waals surface area contributed by atoms with Gasteiger partial charge in [-0.1, -0.05) is 84.9 Å². The molecule has 4 heteroatoms. The minimum absolute atomic E-state index is 0.0587. The number of rotatable bonds is 4. The molecule has 0 radical (unpaired) electrons. The number of hydrogen-bond donors (Lipinski definition) is 3. The summed E-state index contributed by atoms with van der Waals surface area (Å²) >= 11 is 0. The molecule has 0 aromatic heterocycles. The molecule has 0 bridgehead atoms. The zero-order valence-electron chi connectivity index (χ0n) is 15.4. The Hall–Kier alpha value is -3.79. The van der Waals surface area contributed by atoms with E-state index in [0.29, 0.717) is 0 Å². The van der Waals surface area contributed by atoms with Gasteiger partial charge in [-0.15, -0.1) is 0 Å². The van der Waals surface area contributed by atoms with Crippen molar-refractivity contribution >= 4 is 17.1 Å². The molecule has 0 fully saturated rings. The molecule has 1 aliphatic rings. The van der Waals surface area contributed by atoms with Crippen LogP contribution in [0.4, 0.5) is 0 Å². The highest BCUT2D eigenvalue weighted by Crippen LogP contribution is 2.30. The third-order valence-corrected chi connectivity index (χ3v) is 4.71. The van der Waals surface area contributed by atoms with Gasteiger partial charge in [0.25, 0.3) is 0 Å². The molecule has 3 aromatic carbocycles. The Morgan fingerprint density at radius 3 is 1.82 bits per heavy atom. The van der Waals surface area contributed by atoms with Crippen LogP contribution in [0.5, 0.6) is 0 Å². The summed E-state index contributed by atoms with van der Waals surface area (Å²) in [6, 6.07) is 29.0. The summed E-state index contributed by atoms with van der Waals surface area (Å²) < 4.78 is 0. The fourth-order valence-electron chi connectivity index (χ4n) is 3.33. The van der Waals surface area contributed by atoms with Crippen molar-refractivity contribution in [3.63, 3.8) is 0 Å². The first kappa shape index (κ1) is 17.6. The normalized spacial score (nSPS) is 15.8. The van der Waals surface area contributed by atoms with Crippen molar-refractivity contribution in [3.05, 3.63) is 108 Å². The highest BCUT2D eigenvalue weighted by Gasteiger charge is 2.19. The number of guanidine groups is 1. The monoisotopic (exact) mass is 366 g/mol. The molecule has 0 saturated carbocycles. The van der Waals surface area contributed by atoms with Crippen molar-refractivity contribution in [1.82, 2.24) is 5.32 Å². The number of hydrogen-bond acceptors (Lipinski definition) is 2. The van der Waals surface area contributed by atoms with E-state index in [1.807, 2.05) is 30.5 Å². The van der Waals surface area contributed by atoms with E-state index in [2.05, 4.69) is 77.0 Å². The molecule has 3 aromatic rings. The lowest BCUT2D eigenvalue weighted by Gasteiger charge is -2.23. The van der Waals surface area contributed by atoms with Crippen LogP contribution in [0, 0.1) is 0 Å². The van der Waals surface area contributed by atoms with E-state index in [1.165, 1.54) is 11.1 Å². The number of dihydropyridines is 1. The Bertz CT molecular complexity index is 1030. The van der Waals surface area contributed by atoms with E-state index in [9.17, 15) is 0 Å². The van der Waals surface area contributed by atoms with E-state index in [0.717, 1.165) is 22.3 Å². The summed E-state index contributed by atoms with van der Waals surface area (Å²) in [6.07, 6.45) is 3.79. The molecule has 138 valence electrons. The molecule has 0 spiro atoms. The highest BCUT2D eigenvalue weighted by molar-refractivity contribution is 5.89. The lowest BCUT2D eigenvalue weighted by Crippen LogP contribution is -2.33. The molecular formula is C24H22N4. The minimum atomic E-state index is -0.306. The van der Waals surface area contributed by atoms with Crippen LogP contribution < -0.4 is 16.8 Å². The predicted molar refractivity (Wildman–Crippen MR) is 117 cm³/mol. The number of allylic oxidation sites excluding steroid dienone is 2. The van der Waals surface area contributed by atoms with Gasteiger partial charge in [-0.05, 0) is 33.9 Å². The maximum absolute atomic E-state index is 5.62. The molecule has 4 nitrogen and oxygen atoms in total. The van der Waals surface area contributed by atoms with Crippen molar-refractivity contribution in [1.29, 1.82) is 0 Å². The Morgan fingerprint density at radius 2 is 1.21 bits per heavy atom. The van der Waals surface area contributed by atoms with Crippen LogP contribution in [0.15, 0.2) is 102 Å². The molecule has 5 N–H and O–H groups in total. The van der Waals surface area contributed by atoms with Gasteiger partial charge in [0.1, 0.15) is 6.17 Å². The van der Waals surface area contributed by atoms with Crippen molar-refractivity contribution in [3.8, 4) is 11.1 Å². The maximum atomic E-state index is 5.62. The molecule has 1 atom stereocenters. The standard InChI is InChI=1S/C24H22N4/c25-24(26)28-23-22(20-9-5-2-6-10-20)15-21(16-27-23)19-13-11-18(12-14-19)17-7-3-1-4-8-17/h1-16,23,27H,(H4,25,26,28). The summed E-state index contributed by atoms with van der Waals surface area (Å²) in [6.45, 7) is 0. The fourth-order valence-corrected chi connectivity index (χ4v) is 3.33. The van der Waals surface area contributed by atoms with E-state index in [4.69, 9.17) is 11.5 Å². The van der Waals surface area contributed by atoms with Gasteiger partial charge >= 0.3 is 0 Å². The second-order valence-corrected chi connectivity index (χ2v) is 6.63. The number of nitrogens with two attached hydrogens (primary N) is 2. The Balaban J connectivity index is 1.67. The van der Waals surface area contributed by atoms with E-state index in [1.54, 1.807) is 0 Å². The summed E-state index contributed by atoms with van der Waals surface area (Å²) in [4.78, 5) is 4.32. The minimum Gasteiger partial charge on any atom is -0.370 e. The number of nitrogens with zero attached hydrogens (tertiary/aromatic N) is 1. The van der Waals surface area contributed by atoms with Gasteiger partial charge in [-0.2, -0.15) is 0 Å². The quantitative estimate of drug-likeness (QED) is 0.483. The van der Waals surface area contributed by atoms with Crippen LogP contribution in [-0.4, -0.2) is 12.1 Å². The van der Waals surface area contributed by atoms with Crippen molar-refractivity contribution in [2.75, 3.05) is 0 Å². The van der Waals surface area contributed by atoms with Crippen LogP contribution >= 0.6 is 0 Å². The second-order valence-electron chi connectivity index (χ2n) is 6.63. The number of benzene rings is 3. The average Bonchev–Trinajstić information content (AvgIpc) is 2.75. The van der Waals surface area contributed by atoms with Crippen LogP contribution in [-0.2, 0) is 0 Å². The SMILES string of the molecule is NC(N)=NC1NC=C(c2ccc(-c3ccccc3)cc2)C=C1c1ccccc1. The van der Waals surface area contributed by atoms with Crippen LogP contribution in [0.3, 0.4) is 0 Å². The van der Waals surface area contributed by atoms with Gasteiger partial charge in [0.2, 0.25) is 0 Å². The first-order valence-electron chi connectivity index (χ1n) is 9.18. The topological polar surface area (TPSA) is 76.4 Å². The third kappa shape index (κ3) is 3.81. The summed E-state index contributed by atoms with van der Waals surface area (Å²) in [5, 5.41) is 3.32. The molecule has 0 amide bonds. The smallest absolute Gasteiger partial charge is 0.188 e. The first-order valence-corrected chi connectivity index (χ1v) is 9.18. The molecule has 0 saturated heterocycles. The zero-order valence-corrected chi connectivity index (χ0v) is 15.4. The third-order valence-electron chi connectivity index (χ3n) is 4.71. The molecule has 1 aliphatic heterocycles. The predicted octanol–water partition coefficient (Wildman–Crippen LogP) is 3.98. The summed E-state index contributed by atoms with van der Waals surface area (Å²) in [5.41, 5.74) is 18.0. The molecule has 1 heterocycles. The molecule has 4 rings (SSSR count). The number of aliphatic imine (C=N–C) groups is 1. The number of nitrogens with one attached hydrogen (secondary N) is 1. The largest absolute Gasteiger partial charge is 0.370 e. The van der Waals surface area contributed by atoms with Gasteiger partial charge in [0.15, 0.2) is 5.96 Å². The second kappa shape index (κ2) is 7.84. The lowest BCUT2D eigenvalue weighted by molar-refractivity contribution is 0.747. The van der Waals surface area contributed by atoms with E-state index in [-0.39, 0.29) is 12.1 Å². The lowest BCUT2D eigenvalue weighted by atomic mass is 9.94. The van der Waals surface area contributed by atoms with Gasteiger partial charge in [0, 0.05) is 11.8 Å². The van der Waals surface area contributed by atoms with Crippen LogP contribution in [0.25, 0.3) is 22.3 Å². The Labute approximate surface area is 164 Å². The van der Waals surface area contributed by atoms with Gasteiger partial charge in [-0.3, -0.25) is 0 Å². The summed E-state index contributed by atoms with van der Waals surface area (Å²) in [7, 11) is 0. The molecule has 1 unspecified atom stereocenters. The molecular weight excluding hydrogens is 344 g/mol. The first-order chi connectivity index (χ1) is 13.7. The summed E-state index contributed by atoms with van der Waals surface area (Å²) in [5.74, 6) is 0.0587. The van der Waals surface area contributed by atoms with Crippen molar-refractivity contribution in [2.45, 2.75) is 6.17 Å². The van der Waals surface area contributed by atoms with Crippen LogP contribution in [0.2, 0.25) is 0 Å². The Morgan fingerprint density at radius 1 is 0.679 bits per heavy atom. The van der Waals surface area contributed by atoms with Crippen molar-refractivity contribution < 1.29 is 0 Å². The van der Waals surface area contributed by atoms with Crippen molar-refractivity contribution in [2.24, 2.45) is 16.5 Å². The average molecular weight is 366 g/mol. The fraction of sp³-hybridized carbons (Fsp3) is 0.0417. The van der Waals surface area contributed by atoms with E-state index >= 15 is 0 Å². The maximum Gasteiger partial charge on any atom is 0.188 e. The molecule has 0 aliphatic carbocycles. The zero-order chi connectivity index (χ0) is 19.3.